The van der Waals surface area contributed by atoms with Crippen molar-refractivity contribution in [2.45, 2.75) is 64.4 Å². The van der Waals surface area contributed by atoms with Crippen LogP contribution in [0.25, 0.3) is 0 Å². The second-order valence-electron chi connectivity index (χ2n) is 6.44. The van der Waals surface area contributed by atoms with Crippen LogP contribution < -0.4 is 5.73 Å². The van der Waals surface area contributed by atoms with Gasteiger partial charge in [-0.2, -0.15) is 0 Å². The number of hydrogen-bond acceptors (Lipinski definition) is 4. The van der Waals surface area contributed by atoms with Gasteiger partial charge in [0.15, 0.2) is 11.4 Å². The molecule has 0 amide bonds. The molecule has 126 valence electrons. The van der Waals surface area contributed by atoms with Crippen LogP contribution in [0.1, 0.15) is 64.4 Å². The maximum Gasteiger partial charge on any atom is 0.318 e. The van der Waals surface area contributed by atoms with Crippen LogP contribution in [0.2, 0.25) is 0 Å². The Balaban J connectivity index is 2.37. The lowest BCUT2D eigenvalue weighted by molar-refractivity contribution is -0.154. The minimum absolute atomic E-state index is 0.0412. The zero-order valence-corrected chi connectivity index (χ0v) is 14.3. The fourth-order valence-corrected chi connectivity index (χ4v) is 3.78. The predicted molar refractivity (Wildman–Crippen MR) is 91.0 cm³/mol. The van der Waals surface area contributed by atoms with Crippen molar-refractivity contribution in [2.75, 3.05) is 5.73 Å². The molecule has 0 bridgehead atoms. The lowest BCUT2D eigenvalue weighted by Gasteiger charge is -2.26. The van der Waals surface area contributed by atoms with E-state index in [-0.39, 0.29) is 17.7 Å². The van der Waals surface area contributed by atoms with Gasteiger partial charge in [0.2, 0.25) is 0 Å². The summed E-state index contributed by atoms with van der Waals surface area (Å²) in [5.41, 5.74) is 6.53. The highest BCUT2D eigenvalue weighted by Gasteiger charge is 2.56. The molecule has 1 aliphatic rings. The SMILES string of the molecule is CCCC1(CCC)OC(=O)C(C(CC)c2cccc(N)c2)C1=O. The van der Waals surface area contributed by atoms with E-state index in [0.717, 1.165) is 18.4 Å². The van der Waals surface area contributed by atoms with E-state index < -0.39 is 11.5 Å². The lowest BCUT2D eigenvalue weighted by Crippen LogP contribution is -2.38. The number of carbonyl (C=O) groups is 2. The van der Waals surface area contributed by atoms with Gasteiger partial charge in [-0.25, -0.2) is 0 Å². The van der Waals surface area contributed by atoms with Gasteiger partial charge in [-0.15, -0.1) is 0 Å². The number of ether oxygens (including phenoxy) is 1. The van der Waals surface area contributed by atoms with E-state index in [1.54, 1.807) is 0 Å². The minimum atomic E-state index is -0.918. The number of ketones is 1. The normalized spacial score (nSPS) is 21.3. The van der Waals surface area contributed by atoms with Crippen LogP contribution >= 0.6 is 0 Å². The molecule has 1 aromatic carbocycles. The number of carbonyl (C=O) groups excluding carboxylic acids is 2. The highest BCUT2D eigenvalue weighted by Crippen LogP contribution is 2.43. The minimum Gasteiger partial charge on any atom is -0.450 e. The summed E-state index contributed by atoms with van der Waals surface area (Å²) in [7, 11) is 0. The van der Waals surface area contributed by atoms with Crippen molar-refractivity contribution in [3.63, 3.8) is 0 Å². The first-order valence-electron chi connectivity index (χ1n) is 8.61. The van der Waals surface area contributed by atoms with Gasteiger partial charge >= 0.3 is 5.97 Å². The van der Waals surface area contributed by atoms with Crippen molar-refractivity contribution in [2.24, 2.45) is 5.92 Å². The molecule has 2 unspecified atom stereocenters. The number of anilines is 1. The standard InChI is InChI=1S/C19H27NO3/c1-4-10-19(11-5-2)17(21)16(18(22)23-19)15(6-3)13-8-7-9-14(20)12-13/h7-9,12,15-16H,4-6,10-11,20H2,1-3H3. The quantitative estimate of drug-likeness (QED) is 0.471. The topological polar surface area (TPSA) is 69.4 Å². The summed E-state index contributed by atoms with van der Waals surface area (Å²) in [5.74, 6) is -1.29. The fourth-order valence-electron chi connectivity index (χ4n) is 3.78. The highest BCUT2D eigenvalue weighted by molar-refractivity contribution is 6.09. The molecule has 23 heavy (non-hydrogen) atoms. The molecule has 0 radical (unpaired) electrons. The summed E-state index contributed by atoms with van der Waals surface area (Å²) in [4.78, 5) is 25.6. The molecule has 1 fully saturated rings. The Kier molecular flexibility index (Phi) is 5.45. The first kappa shape index (κ1) is 17.5. The van der Waals surface area contributed by atoms with Crippen LogP contribution in [-0.4, -0.2) is 17.4 Å². The monoisotopic (exact) mass is 317 g/mol. The molecule has 1 aliphatic heterocycles. The first-order chi connectivity index (χ1) is 11.0. The van der Waals surface area contributed by atoms with Gasteiger partial charge in [0.05, 0.1) is 0 Å². The van der Waals surface area contributed by atoms with E-state index >= 15 is 0 Å². The number of rotatable bonds is 7. The summed E-state index contributed by atoms with van der Waals surface area (Å²) >= 11 is 0. The molecule has 0 saturated carbocycles. The molecule has 2 atom stereocenters. The van der Waals surface area contributed by atoms with Crippen molar-refractivity contribution < 1.29 is 14.3 Å². The number of benzene rings is 1. The van der Waals surface area contributed by atoms with Crippen LogP contribution in [0.4, 0.5) is 5.69 Å². The Hall–Kier alpha value is -1.84. The number of nitrogens with two attached hydrogens (primary N) is 1. The number of Topliss-reactive ketones (excluding diaryl/α,β-unsaturated/α-hetero) is 1. The highest BCUT2D eigenvalue weighted by atomic mass is 16.6. The van der Waals surface area contributed by atoms with Crippen molar-refractivity contribution in [1.29, 1.82) is 0 Å². The van der Waals surface area contributed by atoms with Crippen LogP contribution in [0, 0.1) is 5.92 Å². The van der Waals surface area contributed by atoms with Gasteiger partial charge in [0.25, 0.3) is 0 Å². The van der Waals surface area contributed by atoms with Gasteiger partial charge in [-0.1, -0.05) is 45.7 Å². The van der Waals surface area contributed by atoms with Crippen LogP contribution in [0.3, 0.4) is 0 Å². The largest absolute Gasteiger partial charge is 0.450 e. The maximum absolute atomic E-state index is 13.1. The predicted octanol–water partition coefficient (Wildman–Crippen LogP) is 3.84. The first-order valence-corrected chi connectivity index (χ1v) is 8.61. The number of hydrogen-bond donors (Lipinski definition) is 1. The summed E-state index contributed by atoms with van der Waals surface area (Å²) in [6.07, 6.45) is 3.55. The van der Waals surface area contributed by atoms with E-state index in [1.165, 1.54) is 0 Å². The zero-order valence-electron chi connectivity index (χ0n) is 14.3. The second kappa shape index (κ2) is 7.16. The van der Waals surface area contributed by atoms with Crippen molar-refractivity contribution in [3.05, 3.63) is 29.8 Å². The Morgan fingerprint density at radius 2 is 1.83 bits per heavy atom. The van der Waals surface area contributed by atoms with Gasteiger partial charge in [0, 0.05) is 11.6 Å². The molecule has 1 aromatic rings. The van der Waals surface area contributed by atoms with E-state index in [2.05, 4.69) is 0 Å². The van der Waals surface area contributed by atoms with Crippen LogP contribution in [0.5, 0.6) is 0 Å². The van der Waals surface area contributed by atoms with Gasteiger partial charge in [-0.05, 0) is 37.0 Å². The van der Waals surface area contributed by atoms with Gasteiger partial charge in [0.1, 0.15) is 5.92 Å². The fraction of sp³-hybridized carbons (Fsp3) is 0.579. The molecule has 4 heteroatoms. The van der Waals surface area contributed by atoms with Crippen molar-refractivity contribution in [3.8, 4) is 0 Å². The smallest absolute Gasteiger partial charge is 0.318 e. The summed E-state index contributed by atoms with van der Waals surface area (Å²) in [6.45, 7) is 6.02. The molecule has 2 rings (SSSR count). The maximum atomic E-state index is 13.1. The van der Waals surface area contributed by atoms with Crippen LogP contribution in [0.15, 0.2) is 24.3 Å². The zero-order chi connectivity index (χ0) is 17.0. The third-order valence-electron chi connectivity index (χ3n) is 4.77. The van der Waals surface area contributed by atoms with E-state index in [4.69, 9.17) is 10.5 Å². The molecule has 1 heterocycles. The number of nitrogen functional groups attached to an aromatic ring is 1. The molecular formula is C19H27NO3. The molecule has 0 spiro atoms. The summed E-state index contributed by atoms with van der Waals surface area (Å²) in [5, 5.41) is 0. The molecule has 2 N–H and O–H groups in total. The Labute approximate surface area is 138 Å². The molecular weight excluding hydrogens is 290 g/mol. The number of esters is 1. The Morgan fingerprint density at radius 1 is 1.17 bits per heavy atom. The Bertz CT molecular complexity index is 576. The van der Waals surface area contributed by atoms with Crippen LogP contribution in [-0.2, 0) is 14.3 Å². The summed E-state index contributed by atoms with van der Waals surface area (Å²) < 4.78 is 5.67. The third kappa shape index (κ3) is 3.26. The molecule has 1 saturated heterocycles. The Morgan fingerprint density at radius 3 is 2.35 bits per heavy atom. The van der Waals surface area contributed by atoms with Gasteiger partial charge in [-0.3, -0.25) is 9.59 Å². The second-order valence-corrected chi connectivity index (χ2v) is 6.44. The van der Waals surface area contributed by atoms with Crippen molar-refractivity contribution in [1.82, 2.24) is 0 Å². The summed E-state index contributed by atoms with van der Waals surface area (Å²) in [6, 6.07) is 7.46. The van der Waals surface area contributed by atoms with E-state index in [0.29, 0.717) is 24.9 Å². The molecule has 0 aromatic heterocycles. The van der Waals surface area contributed by atoms with E-state index in [9.17, 15) is 9.59 Å². The molecule has 0 aliphatic carbocycles. The van der Waals surface area contributed by atoms with Crippen molar-refractivity contribution >= 4 is 17.4 Å². The van der Waals surface area contributed by atoms with Gasteiger partial charge < -0.3 is 10.5 Å². The molecule has 4 nitrogen and oxygen atoms in total. The average molecular weight is 317 g/mol. The average Bonchev–Trinajstić information content (AvgIpc) is 2.74. The lowest BCUT2D eigenvalue weighted by atomic mass is 9.76. The number of cyclic esters (lactones) is 1. The van der Waals surface area contributed by atoms with E-state index in [1.807, 2.05) is 45.0 Å². The third-order valence-corrected chi connectivity index (χ3v) is 4.77.